The fraction of sp³-hybridized carbons (Fsp3) is 0.100. The van der Waals surface area contributed by atoms with Gasteiger partial charge in [-0.1, -0.05) is 30.3 Å². The number of benzene rings is 1. The Morgan fingerprint density at radius 2 is 2.00 bits per heavy atom. The Kier molecular flexibility index (Phi) is 2.00. The highest BCUT2D eigenvalue weighted by atomic mass is 16.4. The van der Waals surface area contributed by atoms with E-state index in [-0.39, 0.29) is 5.76 Å². The standard InChI is InChI=1S/C10H9NO2/c12-10-11(6-7-13-10)8-9-4-2-1-3-5-9/h1-7H,8H2. The van der Waals surface area contributed by atoms with Crippen LogP contribution in [0.25, 0.3) is 0 Å². The van der Waals surface area contributed by atoms with E-state index < -0.39 is 0 Å². The molecule has 0 saturated heterocycles. The van der Waals surface area contributed by atoms with Crippen molar-refractivity contribution < 1.29 is 4.42 Å². The summed E-state index contributed by atoms with van der Waals surface area (Å²) in [6.45, 7) is 0.566. The quantitative estimate of drug-likeness (QED) is 0.693. The second kappa shape index (κ2) is 3.31. The molecule has 13 heavy (non-hydrogen) atoms. The van der Waals surface area contributed by atoms with E-state index in [0.29, 0.717) is 6.54 Å². The van der Waals surface area contributed by atoms with E-state index in [2.05, 4.69) is 4.42 Å². The first-order chi connectivity index (χ1) is 6.36. The summed E-state index contributed by atoms with van der Waals surface area (Å²) in [5.41, 5.74) is 1.09. The number of hydrogen-bond acceptors (Lipinski definition) is 2. The molecule has 66 valence electrons. The van der Waals surface area contributed by atoms with Gasteiger partial charge in [-0.25, -0.2) is 4.79 Å². The molecular formula is C10H9NO2. The first kappa shape index (κ1) is 7.86. The minimum Gasteiger partial charge on any atom is -0.416 e. The van der Waals surface area contributed by atoms with Gasteiger partial charge in [0.05, 0.1) is 6.54 Å². The topological polar surface area (TPSA) is 35.1 Å². The molecule has 1 heterocycles. The monoisotopic (exact) mass is 175 g/mol. The Balaban J connectivity index is 2.25. The van der Waals surface area contributed by atoms with E-state index in [1.165, 1.54) is 10.8 Å². The fourth-order valence-corrected chi connectivity index (χ4v) is 1.19. The molecule has 0 bridgehead atoms. The summed E-state index contributed by atoms with van der Waals surface area (Å²) in [7, 11) is 0. The lowest BCUT2D eigenvalue weighted by molar-refractivity contribution is 0.487. The third-order valence-corrected chi connectivity index (χ3v) is 1.84. The van der Waals surface area contributed by atoms with Crippen LogP contribution >= 0.6 is 0 Å². The molecular weight excluding hydrogens is 166 g/mol. The molecule has 1 aromatic carbocycles. The summed E-state index contributed by atoms with van der Waals surface area (Å²) >= 11 is 0. The molecule has 0 atom stereocenters. The van der Waals surface area contributed by atoms with Crippen molar-refractivity contribution in [2.24, 2.45) is 0 Å². The van der Waals surface area contributed by atoms with E-state index in [1.54, 1.807) is 6.20 Å². The van der Waals surface area contributed by atoms with Gasteiger partial charge in [-0.05, 0) is 5.56 Å². The predicted octanol–water partition coefficient (Wildman–Crippen LogP) is 1.49. The summed E-state index contributed by atoms with van der Waals surface area (Å²) in [5.74, 6) is -0.316. The van der Waals surface area contributed by atoms with Gasteiger partial charge in [-0.15, -0.1) is 0 Å². The highest BCUT2D eigenvalue weighted by Crippen LogP contribution is 1.99. The summed E-state index contributed by atoms with van der Waals surface area (Å²) in [4.78, 5) is 11.0. The summed E-state index contributed by atoms with van der Waals surface area (Å²) in [6.07, 6.45) is 3.03. The maximum atomic E-state index is 11.0. The molecule has 0 amide bonds. The van der Waals surface area contributed by atoms with Crippen LogP contribution in [-0.2, 0) is 6.54 Å². The van der Waals surface area contributed by atoms with Crippen LogP contribution < -0.4 is 5.76 Å². The van der Waals surface area contributed by atoms with Crippen molar-refractivity contribution in [3.63, 3.8) is 0 Å². The molecule has 0 N–H and O–H groups in total. The largest absolute Gasteiger partial charge is 0.419 e. The van der Waals surface area contributed by atoms with Crippen molar-refractivity contribution in [3.8, 4) is 0 Å². The van der Waals surface area contributed by atoms with Gasteiger partial charge in [0.15, 0.2) is 0 Å². The van der Waals surface area contributed by atoms with E-state index >= 15 is 0 Å². The highest BCUT2D eigenvalue weighted by Gasteiger charge is 1.97. The van der Waals surface area contributed by atoms with Crippen LogP contribution in [0.4, 0.5) is 0 Å². The maximum Gasteiger partial charge on any atom is 0.419 e. The number of rotatable bonds is 2. The van der Waals surface area contributed by atoms with Crippen molar-refractivity contribution in [2.75, 3.05) is 0 Å². The maximum absolute atomic E-state index is 11.0. The van der Waals surface area contributed by atoms with Crippen molar-refractivity contribution >= 4 is 0 Å². The number of nitrogens with zero attached hydrogens (tertiary/aromatic N) is 1. The minimum absolute atomic E-state index is 0.316. The zero-order valence-corrected chi connectivity index (χ0v) is 7.01. The van der Waals surface area contributed by atoms with Gasteiger partial charge in [0.25, 0.3) is 0 Å². The van der Waals surface area contributed by atoms with Crippen molar-refractivity contribution in [1.29, 1.82) is 0 Å². The van der Waals surface area contributed by atoms with Crippen LogP contribution in [-0.4, -0.2) is 4.57 Å². The van der Waals surface area contributed by atoms with Crippen LogP contribution in [0, 0.1) is 0 Å². The van der Waals surface area contributed by atoms with Crippen LogP contribution in [0.1, 0.15) is 5.56 Å². The number of hydrogen-bond donors (Lipinski definition) is 0. The smallest absolute Gasteiger partial charge is 0.416 e. The lowest BCUT2D eigenvalue weighted by atomic mass is 10.2. The Morgan fingerprint density at radius 3 is 2.62 bits per heavy atom. The molecule has 0 aliphatic heterocycles. The molecule has 0 radical (unpaired) electrons. The Morgan fingerprint density at radius 1 is 1.23 bits per heavy atom. The van der Waals surface area contributed by atoms with Crippen LogP contribution in [0.15, 0.2) is 52.0 Å². The van der Waals surface area contributed by atoms with Gasteiger partial charge in [-0.2, -0.15) is 0 Å². The van der Waals surface area contributed by atoms with Crippen molar-refractivity contribution in [1.82, 2.24) is 4.57 Å². The SMILES string of the molecule is O=c1occn1Cc1ccccc1. The first-order valence-corrected chi connectivity index (χ1v) is 4.04. The lowest BCUT2D eigenvalue weighted by Crippen LogP contribution is -2.13. The normalized spacial score (nSPS) is 10.2. The fourth-order valence-electron chi connectivity index (χ4n) is 1.19. The second-order valence-corrected chi connectivity index (χ2v) is 2.78. The van der Waals surface area contributed by atoms with Crippen LogP contribution in [0.3, 0.4) is 0 Å². The molecule has 0 fully saturated rings. The van der Waals surface area contributed by atoms with Gasteiger partial charge in [0.2, 0.25) is 0 Å². The lowest BCUT2D eigenvalue weighted by Gasteiger charge is -1.98. The molecule has 0 unspecified atom stereocenters. The van der Waals surface area contributed by atoms with Crippen molar-refractivity contribution in [2.45, 2.75) is 6.54 Å². The number of aromatic nitrogens is 1. The summed E-state index contributed by atoms with van der Waals surface area (Å²) in [6, 6.07) is 9.78. The molecule has 0 aliphatic rings. The van der Waals surface area contributed by atoms with E-state index in [9.17, 15) is 4.79 Å². The molecule has 2 aromatic rings. The van der Waals surface area contributed by atoms with E-state index in [1.807, 2.05) is 30.3 Å². The zero-order chi connectivity index (χ0) is 9.10. The molecule has 1 aromatic heterocycles. The molecule has 2 rings (SSSR count). The van der Waals surface area contributed by atoms with E-state index in [0.717, 1.165) is 5.56 Å². The minimum atomic E-state index is -0.316. The van der Waals surface area contributed by atoms with Gasteiger partial charge < -0.3 is 4.42 Å². The van der Waals surface area contributed by atoms with Crippen LogP contribution in [0.5, 0.6) is 0 Å². The number of oxazole rings is 1. The third-order valence-electron chi connectivity index (χ3n) is 1.84. The predicted molar refractivity (Wildman–Crippen MR) is 48.5 cm³/mol. The van der Waals surface area contributed by atoms with E-state index in [4.69, 9.17) is 0 Å². The Bertz CT molecular complexity index is 427. The summed E-state index contributed by atoms with van der Waals surface area (Å²) in [5, 5.41) is 0. The molecule has 3 nitrogen and oxygen atoms in total. The van der Waals surface area contributed by atoms with Crippen molar-refractivity contribution in [3.05, 3.63) is 58.9 Å². The average molecular weight is 175 g/mol. The molecule has 3 heteroatoms. The van der Waals surface area contributed by atoms with Gasteiger partial charge in [0.1, 0.15) is 6.26 Å². The zero-order valence-electron chi connectivity index (χ0n) is 7.01. The molecule has 0 aliphatic carbocycles. The van der Waals surface area contributed by atoms with Gasteiger partial charge in [-0.3, -0.25) is 4.57 Å². The Labute approximate surface area is 75.2 Å². The molecule has 0 spiro atoms. The Hall–Kier alpha value is -1.77. The molecule has 0 saturated carbocycles. The van der Waals surface area contributed by atoms with Gasteiger partial charge >= 0.3 is 5.76 Å². The summed E-state index contributed by atoms with van der Waals surface area (Å²) < 4.78 is 6.17. The first-order valence-electron chi connectivity index (χ1n) is 4.04. The second-order valence-electron chi connectivity index (χ2n) is 2.78. The van der Waals surface area contributed by atoms with Crippen LogP contribution in [0.2, 0.25) is 0 Å². The third kappa shape index (κ3) is 1.69. The average Bonchev–Trinajstić information content (AvgIpc) is 2.54. The highest BCUT2D eigenvalue weighted by molar-refractivity contribution is 5.14. The van der Waals surface area contributed by atoms with Gasteiger partial charge in [0, 0.05) is 6.20 Å².